The number of nitrogens with zero attached hydrogens (tertiary/aromatic N) is 2. The number of halogens is 3. The molecule has 0 fully saturated rings. The molecule has 2 heterocycles. The van der Waals surface area contributed by atoms with E-state index in [1.54, 1.807) is 12.3 Å². The van der Waals surface area contributed by atoms with E-state index in [4.69, 9.17) is 0 Å². The number of hydrogen-bond donors (Lipinski definition) is 0. The molecule has 0 N–H and O–H groups in total. The molecule has 1 aliphatic heterocycles. The first-order valence-electron chi connectivity index (χ1n) is 6.21. The molecule has 5 heteroatoms. The quantitative estimate of drug-likeness (QED) is 0.770. The summed E-state index contributed by atoms with van der Waals surface area (Å²) in [6, 6.07) is 5.66. The van der Waals surface area contributed by atoms with Gasteiger partial charge in [0.15, 0.2) is 0 Å². The first-order valence-corrected chi connectivity index (χ1v) is 6.21. The smallest absolute Gasteiger partial charge is 0.334 e. The highest BCUT2D eigenvalue weighted by Gasteiger charge is 2.31. The van der Waals surface area contributed by atoms with Crippen molar-refractivity contribution in [2.75, 3.05) is 0 Å². The van der Waals surface area contributed by atoms with Crippen LogP contribution in [0.25, 0.3) is 0 Å². The lowest BCUT2D eigenvalue weighted by atomic mass is 9.90. The van der Waals surface area contributed by atoms with Gasteiger partial charge in [-0.05, 0) is 18.1 Å². The minimum Gasteiger partial charge on any atom is -0.334 e. The summed E-state index contributed by atoms with van der Waals surface area (Å²) < 4.78 is 40.2. The van der Waals surface area contributed by atoms with Crippen LogP contribution in [-0.2, 0) is 19.1 Å². The zero-order valence-electron chi connectivity index (χ0n) is 10.2. The molecule has 3 rings (SSSR count). The molecule has 0 saturated carbocycles. The van der Waals surface area contributed by atoms with E-state index >= 15 is 0 Å². The van der Waals surface area contributed by atoms with Crippen LogP contribution < -0.4 is 0 Å². The summed E-state index contributed by atoms with van der Waals surface area (Å²) in [4.78, 5) is 4.22. The third-order valence-electron chi connectivity index (χ3n) is 3.62. The molecule has 0 saturated heterocycles. The standard InChI is InChI=1S/C14H13F3N2/c15-14(16,17)12-3-1-2-10(8-12)11-4-5-13-18-6-7-19(13)9-11/h1-3,6-8,11H,4-5,9H2. The van der Waals surface area contributed by atoms with Gasteiger partial charge in [0, 0.05) is 31.3 Å². The fraction of sp³-hybridized carbons (Fsp3) is 0.357. The summed E-state index contributed by atoms with van der Waals surface area (Å²) in [5, 5.41) is 0. The number of alkyl halides is 3. The summed E-state index contributed by atoms with van der Waals surface area (Å²) in [5.41, 5.74) is 0.190. The van der Waals surface area contributed by atoms with E-state index in [0.29, 0.717) is 6.54 Å². The predicted octanol–water partition coefficient (Wildman–Crippen LogP) is 3.63. The molecule has 0 amide bonds. The Hall–Kier alpha value is -1.78. The zero-order valence-corrected chi connectivity index (χ0v) is 10.2. The minimum atomic E-state index is -4.27. The SMILES string of the molecule is FC(F)(F)c1cccc(C2CCc3nccn3C2)c1. The molecule has 1 atom stereocenters. The van der Waals surface area contributed by atoms with Gasteiger partial charge in [0.2, 0.25) is 0 Å². The minimum absolute atomic E-state index is 0.129. The summed E-state index contributed by atoms with van der Waals surface area (Å²) in [6.07, 6.45) is 1.01. The largest absolute Gasteiger partial charge is 0.416 e. The van der Waals surface area contributed by atoms with Crippen molar-refractivity contribution in [1.29, 1.82) is 0 Å². The van der Waals surface area contributed by atoms with Gasteiger partial charge < -0.3 is 4.57 Å². The van der Waals surface area contributed by atoms with Gasteiger partial charge in [-0.15, -0.1) is 0 Å². The van der Waals surface area contributed by atoms with E-state index in [0.717, 1.165) is 30.3 Å². The Labute approximate surface area is 108 Å². The number of rotatable bonds is 1. The van der Waals surface area contributed by atoms with Gasteiger partial charge in [-0.1, -0.05) is 18.2 Å². The molecule has 100 valence electrons. The maximum absolute atomic E-state index is 12.7. The third kappa shape index (κ3) is 2.37. The average Bonchev–Trinajstić information content (AvgIpc) is 2.85. The van der Waals surface area contributed by atoms with Crippen molar-refractivity contribution in [2.45, 2.75) is 31.5 Å². The van der Waals surface area contributed by atoms with Crippen LogP contribution in [0.4, 0.5) is 13.2 Å². The molecule has 0 spiro atoms. The van der Waals surface area contributed by atoms with Crippen LogP contribution in [0.3, 0.4) is 0 Å². The topological polar surface area (TPSA) is 17.8 Å². The van der Waals surface area contributed by atoms with Crippen LogP contribution in [-0.4, -0.2) is 9.55 Å². The molecule has 0 aliphatic carbocycles. The van der Waals surface area contributed by atoms with E-state index in [9.17, 15) is 13.2 Å². The van der Waals surface area contributed by atoms with Gasteiger partial charge in [-0.3, -0.25) is 0 Å². The van der Waals surface area contributed by atoms with E-state index in [1.165, 1.54) is 12.1 Å². The van der Waals surface area contributed by atoms with Gasteiger partial charge in [0.05, 0.1) is 5.56 Å². The molecule has 2 aromatic rings. The molecular formula is C14H13F3N2. The van der Waals surface area contributed by atoms with Crippen LogP contribution >= 0.6 is 0 Å². The molecule has 1 unspecified atom stereocenters. The molecule has 1 aromatic heterocycles. The van der Waals surface area contributed by atoms with Crippen molar-refractivity contribution in [3.8, 4) is 0 Å². The molecule has 0 radical (unpaired) electrons. The first-order chi connectivity index (χ1) is 9.04. The second kappa shape index (κ2) is 4.40. The van der Waals surface area contributed by atoms with Crippen LogP contribution in [0.15, 0.2) is 36.7 Å². The van der Waals surface area contributed by atoms with Gasteiger partial charge in [0.1, 0.15) is 5.82 Å². The van der Waals surface area contributed by atoms with Crippen molar-refractivity contribution in [3.63, 3.8) is 0 Å². The molecule has 2 nitrogen and oxygen atoms in total. The number of fused-ring (bicyclic) bond motifs is 1. The van der Waals surface area contributed by atoms with Crippen LogP contribution in [0.2, 0.25) is 0 Å². The molecule has 1 aromatic carbocycles. The van der Waals surface area contributed by atoms with Crippen molar-refractivity contribution in [3.05, 3.63) is 53.6 Å². The Morgan fingerprint density at radius 3 is 2.89 bits per heavy atom. The zero-order chi connectivity index (χ0) is 13.5. The van der Waals surface area contributed by atoms with Crippen LogP contribution in [0.1, 0.15) is 29.3 Å². The Balaban J connectivity index is 1.88. The number of aromatic nitrogens is 2. The lowest BCUT2D eigenvalue weighted by Gasteiger charge is -2.24. The average molecular weight is 266 g/mol. The highest BCUT2D eigenvalue weighted by molar-refractivity contribution is 5.29. The van der Waals surface area contributed by atoms with Gasteiger partial charge in [-0.25, -0.2) is 4.98 Å². The second-order valence-corrected chi connectivity index (χ2v) is 4.85. The van der Waals surface area contributed by atoms with Crippen molar-refractivity contribution in [1.82, 2.24) is 9.55 Å². The van der Waals surface area contributed by atoms with E-state index < -0.39 is 11.7 Å². The Morgan fingerprint density at radius 2 is 2.11 bits per heavy atom. The highest BCUT2D eigenvalue weighted by Crippen LogP contribution is 2.33. The second-order valence-electron chi connectivity index (χ2n) is 4.85. The first kappa shape index (κ1) is 12.3. The Morgan fingerprint density at radius 1 is 1.26 bits per heavy atom. The van der Waals surface area contributed by atoms with Gasteiger partial charge in [-0.2, -0.15) is 13.2 Å². The van der Waals surface area contributed by atoms with Crippen LogP contribution in [0.5, 0.6) is 0 Å². The molecule has 1 aliphatic rings. The van der Waals surface area contributed by atoms with Gasteiger partial charge >= 0.3 is 6.18 Å². The number of hydrogen-bond acceptors (Lipinski definition) is 1. The highest BCUT2D eigenvalue weighted by atomic mass is 19.4. The monoisotopic (exact) mass is 266 g/mol. The van der Waals surface area contributed by atoms with E-state index in [2.05, 4.69) is 4.98 Å². The fourth-order valence-corrected chi connectivity index (χ4v) is 2.61. The van der Waals surface area contributed by atoms with Gasteiger partial charge in [0.25, 0.3) is 0 Å². The maximum Gasteiger partial charge on any atom is 0.416 e. The third-order valence-corrected chi connectivity index (χ3v) is 3.62. The Bertz CT molecular complexity index is 586. The Kier molecular flexibility index (Phi) is 2.84. The maximum atomic E-state index is 12.7. The van der Waals surface area contributed by atoms with Crippen molar-refractivity contribution < 1.29 is 13.2 Å². The molecular weight excluding hydrogens is 253 g/mol. The number of benzene rings is 1. The summed E-state index contributed by atoms with van der Waals surface area (Å²) in [6.45, 7) is 0.705. The van der Waals surface area contributed by atoms with Crippen LogP contribution in [0, 0.1) is 0 Å². The lowest BCUT2D eigenvalue weighted by molar-refractivity contribution is -0.137. The molecule has 19 heavy (non-hydrogen) atoms. The summed E-state index contributed by atoms with van der Waals surface area (Å²) in [5.74, 6) is 1.15. The summed E-state index contributed by atoms with van der Waals surface area (Å²) >= 11 is 0. The normalized spacial score (nSPS) is 19.2. The number of imidazole rings is 1. The molecule has 0 bridgehead atoms. The predicted molar refractivity (Wildman–Crippen MR) is 64.7 cm³/mol. The van der Waals surface area contributed by atoms with Crippen molar-refractivity contribution in [2.24, 2.45) is 0 Å². The number of aryl methyl sites for hydroxylation is 1. The fourth-order valence-electron chi connectivity index (χ4n) is 2.61. The lowest BCUT2D eigenvalue weighted by Crippen LogP contribution is -2.19. The van der Waals surface area contributed by atoms with Crippen molar-refractivity contribution >= 4 is 0 Å². The summed E-state index contributed by atoms with van der Waals surface area (Å²) in [7, 11) is 0. The van der Waals surface area contributed by atoms with E-state index in [1.807, 2.05) is 10.8 Å². The van der Waals surface area contributed by atoms with E-state index in [-0.39, 0.29) is 5.92 Å².